The number of pyridine rings is 1. The van der Waals surface area contributed by atoms with Gasteiger partial charge in [0.1, 0.15) is 29.9 Å². The lowest BCUT2D eigenvalue weighted by molar-refractivity contribution is -0.133. The van der Waals surface area contributed by atoms with Crippen LogP contribution in [0.2, 0.25) is 0 Å². The van der Waals surface area contributed by atoms with E-state index in [4.69, 9.17) is 9.72 Å². The lowest BCUT2D eigenvalue weighted by Gasteiger charge is -2.43. The molecule has 4 fully saturated rings. The number of piperidine rings is 3. The molecule has 6 aromatic rings. The molecular weight excluding hydrogens is 848 g/mol. The summed E-state index contributed by atoms with van der Waals surface area (Å²) in [6.07, 6.45) is 6.65. The molecule has 4 aliphatic heterocycles. The first-order valence-electron chi connectivity index (χ1n) is 24.0. The number of hydrogen-bond acceptors (Lipinski definition) is 10. The number of H-pyrrole nitrogens is 1. The van der Waals surface area contributed by atoms with Crippen LogP contribution in [0, 0.1) is 11.7 Å². The molecule has 14 nitrogen and oxygen atoms in total. The SMILES string of the molecule is COCc1nc2ccc(-c3ccnc4c3cc(CN3CCC(c5ccc(C(=O)N6CCC(CN7CCN(c8ccc(NC9CCC(=O)NC9=O)cc8F)C[C@@H]7C)CC6)cc5)CC3)n4C)cc2[nH]1. The van der Waals surface area contributed by atoms with Gasteiger partial charge in [-0.3, -0.25) is 29.5 Å². The Balaban J connectivity index is 0.674. The maximum atomic E-state index is 15.4. The smallest absolute Gasteiger partial charge is 0.253 e. The van der Waals surface area contributed by atoms with Gasteiger partial charge in [-0.2, -0.15) is 0 Å². The number of fused-ring (bicyclic) bond motifs is 2. The molecule has 67 heavy (non-hydrogen) atoms. The molecule has 0 aliphatic carbocycles. The fourth-order valence-electron chi connectivity index (χ4n) is 10.9. The van der Waals surface area contributed by atoms with E-state index in [0.717, 1.165) is 129 Å². The summed E-state index contributed by atoms with van der Waals surface area (Å²) in [5.74, 6) is 0.933. The summed E-state index contributed by atoms with van der Waals surface area (Å²) in [4.78, 5) is 59.4. The van der Waals surface area contributed by atoms with Crippen molar-refractivity contribution in [3.63, 3.8) is 0 Å². The molecule has 0 bridgehead atoms. The molecule has 10 rings (SSSR count). The van der Waals surface area contributed by atoms with Crippen LogP contribution in [-0.2, 0) is 34.5 Å². The van der Waals surface area contributed by atoms with Gasteiger partial charge in [-0.05, 0) is 135 Å². The van der Waals surface area contributed by atoms with Gasteiger partial charge in [0.05, 0.1) is 16.7 Å². The van der Waals surface area contributed by atoms with Crippen LogP contribution in [0.5, 0.6) is 0 Å². The third-order valence-electron chi connectivity index (χ3n) is 14.8. The number of nitrogens with zero attached hydrogens (tertiary/aromatic N) is 7. The molecular formula is C52H61FN10O4. The number of halogens is 1. The van der Waals surface area contributed by atoms with Crippen LogP contribution >= 0.6 is 0 Å². The molecule has 4 saturated heterocycles. The van der Waals surface area contributed by atoms with E-state index in [-0.39, 0.29) is 36.0 Å². The van der Waals surface area contributed by atoms with Gasteiger partial charge >= 0.3 is 0 Å². The molecule has 350 valence electrons. The second-order valence-corrected chi connectivity index (χ2v) is 19.2. The van der Waals surface area contributed by atoms with Crippen LogP contribution in [0.15, 0.2) is 79.0 Å². The Hall–Kier alpha value is -6.16. The lowest BCUT2D eigenvalue weighted by atomic mass is 9.88. The number of piperazine rings is 1. The average Bonchev–Trinajstić information content (AvgIpc) is 3.89. The minimum atomic E-state index is -0.555. The number of ether oxygens (including phenoxy) is 1. The number of methoxy groups -OCH3 is 1. The van der Waals surface area contributed by atoms with Crippen molar-refractivity contribution < 1.29 is 23.5 Å². The fraction of sp³-hybridized carbons (Fsp3) is 0.442. The predicted octanol–water partition coefficient (Wildman–Crippen LogP) is 7.06. The number of carbonyl (C=O) groups excluding carboxylic acids is 3. The zero-order chi connectivity index (χ0) is 46.2. The molecule has 0 spiro atoms. The van der Waals surface area contributed by atoms with Gasteiger partial charge in [0.25, 0.3) is 5.91 Å². The Morgan fingerprint density at radius 3 is 2.46 bits per heavy atom. The standard InChI is InChI=1S/C52H61FN10O4/c1-33-29-63(47-12-9-39(27-43(47)53)55-45-11-13-49(64)58-51(45)65)25-24-62(33)30-34-15-22-61(23-16-34)52(66)37-6-4-35(5-7-37)36-17-20-60(21-18-36)31-40-28-42-41(14-19-54-50(42)59(40)2)38-8-10-44-46(26-38)57-48(56-44)32-67-3/h4-10,12,14,19,26-28,33-34,36,45,55H,11,13,15-18,20-25,29-32H2,1-3H3,(H,56,57)(H,58,64,65)/t33-,45?/m0/s1. The van der Waals surface area contributed by atoms with Crippen LogP contribution in [-0.4, -0.2) is 123 Å². The average molecular weight is 909 g/mol. The number of imide groups is 1. The van der Waals surface area contributed by atoms with Crippen molar-refractivity contribution in [3.8, 4) is 11.1 Å². The lowest BCUT2D eigenvalue weighted by Crippen LogP contribution is -2.54. The van der Waals surface area contributed by atoms with E-state index < -0.39 is 6.04 Å². The number of aromatic amines is 1. The molecule has 3 N–H and O–H groups in total. The molecule has 4 aliphatic rings. The number of imidazole rings is 1. The van der Waals surface area contributed by atoms with Crippen LogP contribution < -0.4 is 15.5 Å². The third kappa shape index (κ3) is 9.54. The first-order chi connectivity index (χ1) is 32.6. The van der Waals surface area contributed by atoms with Crippen molar-refractivity contribution in [2.75, 3.05) is 69.7 Å². The normalized spacial score (nSPS) is 20.5. The first-order valence-corrected chi connectivity index (χ1v) is 24.0. The van der Waals surface area contributed by atoms with Gasteiger partial charge in [0, 0.05) is 101 Å². The van der Waals surface area contributed by atoms with Gasteiger partial charge in [0.2, 0.25) is 11.8 Å². The number of hydrogen-bond donors (Lipinski definition) is 3. The minimum absolute atomic E-state index is 0.118. The zero-order valence-corrected chi connectivity index (χ0v) is 38.8. The van der Waals surface area contributed by atoms with Crippen molar-refractivity contribution in [2.24, 2.45) is 13.0 Å². The zero-order valence-electron chi connectivity index (χ0n) is 38.8. The fourth-order valence-corrected chi connectivity index (χ4v) is 10.9. The van der Waals surface area contributed by atoms with Gasteiger partial charge in [-0.15, -0.1) is 0 Å². The van der Waals surface area contributed by atoms with Crippen molar-refractivity contribution >= 4 is 51.2 Å². The van der Waals surface area contributed by atoms with E-state index in [1.54, 1.807) is 19.2 Å². The number of nitrogens with one attached hydrogen (secondary N) is 3. The second kappa shape index (κ2) is 19.2. The van der Waals surface area contributed by atoms with Crippen molar-refractivity contribution in [1.29, 1.82) is 0 Å². The number of benzene rings is 3. The summed E-state index contributed by atoms with van der Waals surface area (Å²) < 4.78 is 22.9. The number of amides is 3. The summed E-state index contributed by atoms with van der Waals surface area (Å²) in [6, 6.07) is 23.9. The van der Waals surface area contributed by atoms with Crippen LogP contribution in [0.1, 0.15) is 78.8 Å². The van der Waals surface area contributed by atoms with Crippen molar-refractivity contribution in [3.05, 3.63) is 107 Å². The molecule has 7 heterocycles. The minimum Gasteiger partial charge on any atom is -0.377 e. The number of anilines is 2. The van der Waals surface area contributed by atoms with E-state index in [1.807, 2.05) is 23.2 Å². The first kappa shape index (κ1) is 44.7. The number of aryl methyl sites for hydroxylation is 1. The highest BCUT2D eigenvalue weighted by molar-refractivity contribution is 6.01. The molecule has 0 radical (unpaired) electrons. The molecule has 3 aromatic carbocycles. The number of aromatic nitrogens is 4. The maximum Gasteiger partial charge on any atom is 0.253 e. The highest BCUT2D eigenvalue weighted by Gasteiger charge is 2.31. The topological polar surface area (TPSA) is 144 Å². The number of likely N-dealkylation sites (tertiary alicyclic amines) is 2. The molecule has 2 atom stereocenters. The molecule has 0 saturated carbocycles. The number of rotatable bonds is 12. The van der Waals surface area contributed by atoms with Crippen molar-refractivity contribution in [1.82, 2.24) is 39.5 Å². The molecule has 3 aromatic heterocycles. The summed E-state index contributed by atoms with van der Waals surface area (Å²) >= 11 is 0. The molecule has 15 heteroatoms. The summed E-state index contributed by atoms with van der Waals surface area (Å²) in [5.41, 5.74) is 9.60. The van der Waals surface area contributed by atoms with Crippen LogP contribution in [0.25, 0.3) is 33.2 Å². The van der Waals surface area contributed by atoms with E-state index in [1.165, 1.54) is 17.3 Å². The maximum absolute atomic E-state index is 15.4. The van der Waals surface area contributed by atoms with Gasteiger partial charge in [0.15, 0.2) is 0 Å². The highest BCUT2D eigenvalue weighted by Crippen LogP contribution is 2.34. The quantitative estimate of drug-likeness (QED) is 0.109. The Morgan fingerprint density at radius 2 is 1.72 bits per heavy atom. The number of carbonyl (C=O) groups is 3. The van der Waals surface area contributed by atoms with E-state index in [9.17, 15) is 14.4 Å². The van der Waals surface area contributed by atoms with E-state index >= 15 is 4.39 Å². The van der Waals surface area contributed by atoms with Crippen LogP contribution in [0.4, 0.5) is 15.8 Å². The summed E-state index contributed by atoms with van der Waals surface area (Å²) in [7, 11) is 3.79. The van der Waals surface area contributed by atoms with Gasteiger partial charge in [-0.1, -0.05) is 18.2 Å². The Bertz CT molecular complexity index is 2770. The Morgan fingerprint density at radius 1 is 0.910 bits per heavy atom. The summed E-state index contributed by atoms with van der Waals surface area (Å²) in [5, 5.41) is 6.56. The van der Waals surface area contributed by atoms with Gasteiger partial charge < -0.3 is 29.4 Å². The largest absolute Gasteiger partial charge is 0.377 e. The molecule has 3 amide bonds. The Labute approximate surface area is 390 Å². The van der Waals surface area contributed by atoms with E-state index in [0.29, 0.717) is 36.2 Å². The van der Waals surface area contributed by atoms with Crippen LogP contribution in [0.3, 0.4) is 0 Å². The predicted molar refractivity (Wildman–Crippen MR) is 258 cm³/mol. The molecule has 1 unspecified atom stereocenters. The third-order valence-corrected chi connectivity index (χ3v) is 14.8. The monoisotopic (exact) mass is 908 g/mol. The van der Waals surface area contributed by atoms with Crippen molar-refractivity contribution in [2.45, 2.75) is 76.6 Å². The second-order valence-electron chi connectivity index (χ2n) is 19.2. The van der Waals surface area contributed by atoms with Gasteiger partial charge in [-0.25, -0.2) is 14.4 Å². The summed E-state index contributed by atoms with van der Waals surface area (Å²) in [6.45, 7) is 10.3. The Kier molecular flexibility index (Phi) is 12.8. The van der Waals surface area contributed by atoms with E-state index in [2.05, 4.69) is 96.3 Å². The highest BCUT2D eigenvalue weighted by atomic mass is 19.1.